The van der Waals surface area contributed by atoms with Crippen LogP contribution in [0.25, 0.3) is 0 Å². The fourth-order valence-electron chi connectivity index (χ4n) is 2.66. The fourth-order valence-corrected chi connectivity index (χ4v) is 2.66. The predicted molar refractivity (Wildman–Crippen MR) is 61.2 cm³/mol. The Morgan fingerprint density at radius 1 is 1.27 bits per heavy atom. The highest BCUT2D eigenvalue weighted by Gasteiger charge is 2.24. The second-order valence-electron chi connectivity index (χ2n) is 4.64. The number of hydrogen-bond donors (Lipinski definition) is 1. The highest BCUT2D eigenvalue weighted by Crippen LogP contribution is 2.39. The molecule has 0 spiro atoms. The number of benzene rings is 1. The molecule has 0 bridgehead atoms. The van der Waals surface area contributed by atoms with E-state index in [-0.39, 0.29) is 5.82 Å². The lowest BCUT2D eigenvalue weighted by Crippen LogP contribution is -2.16. The molecule has 2 heteroatoms. The lowest BCUT2D eigenvalue weighted by atomic mass is 9.76. The largest absolute Gasteiger partial charge is 0.398 e. The minimum atomic E-state index is -0.236. The molecule has 15 heavy (non-hydrogen) atoms. The molecule has 1 saturated carbocycles. The van der Waals surface area contributed by atoms with Crippen molar-refractivity contribution in [2.75, 3.05) is 5.73 Å². The Morgan fingerprint density at radius 2 is 2.00 bits per heavy atom. The van der Waals surface area contributed by atoms with Gasteiger partial charge < -0.3 is 5.73 Å². The highest BCUT2D eigenvalue weighted by atomic mass is 19.1. The van der Waals surface area contributed by atoms with Gasteiger partial charge in [0.15, 0.2) is 0 Å². The van der Waals surface area contributed by atoms with Crippen molar-refractivity contribution >= 4 is 5.69 Å². The predicted octanol–water partition coefficient (Wildman–Crippen LogP) is 3.70. The summed E-state index contributed by atoms with van der Waals surface area (Å²) in [6, 6.07) is 4.82. The van der Waals surface area contributed by atoms with E-state index < -0.39 is 0 Å². The Hall–Kier alpha value is -1.05. The molecule has 2 rings (SSSR count). The van der Waals surface area contributed by atoms with Crippen LogP contribution in [0, 0.1) is 11.7 Å². The van der Waals surface area contributed by atoms with E-state index in [9.17, 15) is 4.39 Å². The van der Waals surface area contributed by atoms with Crippen molar-refractivity contribution in [1.29, 1.82) is 0 Å². The van der Waals surface area contributed by atoms with Crippen LogP contribution in [-0.4, -0.2) is 0 Å². The Kier molecular flexibility index (Phi) is 2.94. The molecule has 2 unspecified atom stereocenters. The molecule has 2 N–H and O–H groups in total. The molecule has 82 valence electrons. The van der Waals surface area contributed by atoms with Crippen molar-refractivity contribution in [2.24, 2.45) is 5.92 Å². The standard InChI is InChI=1S/C13H18FN/c1-9-4-2-3-5-11(9)12-7-6-10(14)8-13(12)15/h6-9,11H,2-5,15H2,1H3. The van der Waals surface area contributed by atoms with Crippen LogP contribution < -0.4 is 5.73 Å². The second kappa shape index (κ2) is 4.21. The monoisotopic (exact) mass is 207 g/mol. The maximum absolute atomic E-state index is 12.9. The van der Waals surface area contributed by atoms with Crippen molar-refractivity contribution in [2.45, 2.75) is 38.5 Å². The molecular formula is C13H18FN. The van der Waals surface area contributed by atoms with Crippen LogP contribution in [-0.2, 0) is 0 Å². The molecule has 2 atom stereocenters. The summed E-state index contributed by atoms with van der Waals surface area (Å²) in [5.41, 5.74) is 7.64. The molecular weight excluding hydrogens is 189 g/mol. The van der Waals surface area contributed by atoms with Gasteiger partial charge in [0.05, 0.1) is 0 Å². The van der Waals surface area contributed by atoms with Gasteiger partial charge in [0.2, 0.25) is 0 Å². The van der Waals surface area contributed by atoms with E-state index in [2.05, 4.69) is 6.92 Å². The zero-order chi connectivity index (χ0) is 10.8. The van der Waals surface area contributed by atoms with Gasteiger partial charge >= 0.3 is 0 Å². The molecule has 0 amide bonds. The Balaban J connectivity index is 2.27. The Labute approximate surface area is 90.5 Å². The number of halogens is 1. The SMILES string of the molecule is CC1CCCCC1c1ccc(F)cc1N. The van der Waals surface area contributed by atoms with Crippen molar-refractivity contribution in [3.05, 3.63) is 29.6 Å². The zero-order valence-corrected chi connectivity index (χ0v) is 9.17. The van der Waals surface area contributed by atoms with Gasteiger partial charge in [-0.15, -0.1) is 0 Å². The number of rotatable bonds is 1. The van der Waals surface area contributed by atoms with Gasteiger partial charge in [0, 0.05) is 5.69 Å². The van der Waals surface area contributed by atoms with Crippen LogP contribution in [0.15, 0.2) is 18.2 Å². The molecule has 1 aromatic rings. The van der Waals surface area contributed by atoms with Gasteiger partial charge in [-0.1, -0.05) is 32.3 Å². The lowest BCUT2D eigenvalue weighted by Gasteiger charge is -2.29. The molecule has 1 aliphatic rings. The lowest BCUT2D eigenvalue weighted by molar-refractivity contribution is 0.331. The van der Waals surface area contributed by atoms with E-state index in [1.54, 1.807) is 0 Å². The van der Waals surface area contributed by atoms with E-state index in [4.69, 9.17) is 5.73 Å². The van der Waals surface area contributed by atoms with Crippen LogP contribution in [0.4, 0.5) is 10.1 Å². The minimum Gasteiger partial charge on any atom is -0.398 e. The first-order valence-electron chi connectivity index (χ1n) is 5.73. The summed E-state index contributed by atoms with van der Waals surface area (Å²) >= 11 is 0. The zero-order valence-electron chi connectivity index (χ0n) is 9.17. The quantitative estimate of drug-likeness (QED) is 0.698. The summed E-state index contributed by atoms with van der Waals surface area (Å²) < 4.78 is 12.9. The summed E-state index contributed by atoms with van der Waals surface area (Å²) in [6.07, 6.45) is 5.04. The van der Waals surface area contributed by atoms with E-state index in [0.29, 0.717) is 17.5 Å². The first-order chi connectivity index (χ1) is 7.18. The summed E-state index contributed by atoms with van der Waals surface area (Å²) in [5, 5.41) is 0. The first kappa shape index (κ1) is 10.5. The maximum Gasteiger partial charge on any atom is 0.125 e. The molecule has 0 radical (unpaired) electrons. The fraction of sp³-hybridized carbons (Fsp3) is 0.538. The minimum absolute atomic E-state index is 0.236. The van der Waals surface area contributed by atoms with Crippen LogP contribution in [0.3, 0.4) is 0 Å². The van der Waals surface area contributed by atoms with Gasteiger partial charge in [-0.25, -0.2) is 4.39 Å². The first-order valence-corrected chi connectivity index (χ1v) is 5.73. The van der Waals surface area contributed by atoms with Crippen LogP contribution in [0.2, 0.25) is 0 Å². The van der Waals surface area contributed by atoms with Gasteiger partial charge in [0.25, 0.3) is 0 Å². The highest BCUT2D eigenvalue weighted by molar-refractivity contribution is 5.49. The van der Waals surface area contributed by atoms with Gasteiger partial charge in [-0.05, 0) is 36.0 Å². The third-order valence-corrected chi connectivity index (χ3v) is 3.56. The Bertz CT molecular complexity index is 348. The van der Waals surface area contributed by atoms with E-state index in [1.807, 2.05) is 6.07 Å². The number of nitrogen functional groups attached to an aromatic ring is 1. The third-order valence-electron chi connectivity index (χ3n) is 3.56. The number of anilines is 1. The topological polar surface area (TPSA) is 26.0 Å². The maximum atomic E-state index is 12.9. The van der Waals surface area contributed by atoms with Crippen LogP contribution in [0.1, 0.15) is 44.1 Å². The summed E-state index contributed by atoms with van der Waals surface area (Å²) in [5.74, 6) is 0.963. The average molecular weight is 207 g/mol. The molecule has 0 heterocycles. The van der Waals surface area contributed by atoms with Crippen molar-refractivity contribution in [3.63, 3.8) is 0 Å². The summed E-state index contributed by atoms with van der Waals surface area (Å²) in [4.78, 5) is 0. The molecule has 1 aromatic carbocycles. The summed E-state index contributed by atoms with van der Waals surface area (Å²) in [7, 11) is 0. The third kappa shape index (κ3) is 2.14. The van der Waals surface area contributed by atoms with Gasteiger partial charge in [-0.3, -0.25) is 0 Å². The molecule has 0 saturated heterocycles. The van der Waals surface area contributed by atoms with Crippen molar-refractivity contribution < 1.29 is 4.39 Å². The molecule has 1 fully saturated rings. The molecule has 1 nitrogen and oxygen atoms in total. The number of hydrogen-bond acceptors (Lipinski definition) is 1. The van der Waals surface area contributed by atoms with Crippen molar-refractivity contribution in [1.82, 2.24) is 0 Å². The van der Waals surface area contributed by atoms with E-state index >= 15 is 0 Å². The average Bonchev–Trinajstić information content (AvgIpc) is 2.20. The Morgan fingerprint density at radius 3 is 2.67 bits per heavy atom. The summed E-state index contributed by atoms with van der Waals surface area (Å²) in [6.45, 7) is 2.27. The van der Waals surface area contributed by atoms with Crippen molar-refractivity contribution in [3.8, 4) is 0 Å². The van der Waals surface area contributed by atoms with E-state index in [0.717, 1.165) is 5.56 Å². The molecule has 0 aromatic heterocycles. The number of nitrogens with two attached hydrogens (primary N) is 1. The van der Waals surface area contributed by atoms with Crippen LogP contribution >= 0.6 is 0 Å². The molecule has 0 aliphatic heterocycles. The smallest absolute Gasteiger partial charge is 0.125 e. The van der Waals surface area contributed by atoms with Gasteiger partial charge in [0.1, 0.15) is 5.82 Å². The second-order valence-corrected chi connectivity index (χ2v) is 4.64. The van der Waals surface area contributed by atoms with Crippen LogP contribution in [0.5, 0.6) is 0 Å². The van der Waals surface area contributed by atoms with E-state index in [1.165, 1.54) is 37.8 Å². The van der Waals surface area contributed by atoms with Gasteiger partial charge in [-0.2, -0.15) is 0 Å². The normalized spacial score (nSPS) is 26.5. The molecule has 1 aliphatic carbocycles.